The first kappa shape index (κ1) is 25.0. The Labute approximate surface area is 220 Å². The summed E-state index contributed by atoms with van der Waals surface area (Å²) >= 11 is 0. The lowest BCUT2D eigenvalue weighted by Gasteiger charge is -2.41. The molecule has 37 heavy (non-hydrogen) atoms. The highest BCUT2D eigenvalue weighted by atomic mass is 15.4. The molecule has 5 rings (SSSR count). The summed E-state index contributed by atoms with van der Waals surface area (Å²) in [5.74, 6) is 1.76. The van der Waals surface area contributed by atoms with E-state index in [2.05, 4.69) is 86.8 Å². The molecule has 2 aromatic carbocycles. The number of nitrogens with one attached hydrogen (secondary N) is 1. The van der Waals surface area contributed by atoms with Crippen LogP contribution in [0, 0.1) is 11.3 Å². The highest BCUT2D eigenvalue weighted by Crippen LogP contribution is 2.35. The van der Waals surface area contributed by atoms with Crippen LogP contribution in [0.3, 0.4) is 0 Å². The van der Waals surface area contributed by atoms with Gasteiger partial charge in [-0.3, -0.25) is 4.90 Å². The van der Waals surface area contributed by atoms with Gasteiger partial charge in [0.05, 0.1) is 12.1 Å². The Hall–Kier alpha value is -3.70. The molecule has 2 fully saturated rings. The molecule has 1 aromatic heterocycles. The Morgan fingerprint density at radius 2 is 1.46 bits per heavy atom. The standard InChI is InChI=1S/C29H36N8/c1-31-26-32-27(35(2)29(22-30)16-10-5-11-17-29)34-28(33-26)37-20-18-36(19-21-37)25(23-12-6-3-7-13-23)24-14-8-4-9-15-24/h3-4,6-9,12-15,25H,5,10-11,16-21H2,1-2H3,(H,31,32,33,34). The molecular formula is C29H36N8. The fraction of sp³-hybridized carbons (Fsp3) is 0.448. The quantitative estimate of drug-likeness (QED) is 0.512. The van der Waals surface area contributed by atoms with Gasteiger partial charge in [-0.05, 0) is 24.0 Å². The van der Waals surface area contributed by atoms with Crippen LogP contribution in [-0.4, -0.2) is 65.7 Å². The minimum atomic E-state index is -0.556. The zero-order chi connectivity index (χ0) is 25.7. The Kier molecular flexibility index (Phi) is 7.52. The van der Waals surface area contributed by atoms with E-state index in [9.17, 15) is 5.26 Å². The van der Waals surface area contributed by atoms with Gasteiger partial charge in [0.1, 0.15) is 5.54 Å². The molecule has 2 heterocycles. The third-order valence-electron chi connectivity index (χ3n) is 7.86. The summed E-state index contributed by atoms with van der Waals surface area (Å²) in [5.41, 5.74) is 2.05. The number of hydrogen-bond donors (Lipinski definition) is 1. The van der Waals surface area contributed by atoms with Gasteiger partial charge in [0.2, 0.25) is 17.8 Å². The van der Waals surface area contributed by atoms with Crippen LogP contribution in [0.2, 0.25) is 0 Å². The molecular weight excluding hydrogens is 460 g/mol. The zero-order valence-electron chi connectivity index (χ0n) is 21.8. The van der Waals surface area contributed by atoms with Crippen molar-refractivity contribution in [3.63, 3.8) is 0 Å². The van der Waals surface area contributed by atoms with Crippen LogP contribution in [0.4, 0.5) is 17.8 Å². The molecule has 8 heteroatoms. The van der Waals surface area contributed by atoms with Crippen molar-refractivity contribution in [2.45, 2.75) is 43.7 Å². The topological polar surface area (TPSA) is 84.2 Å². The van der Waals surface area contributed by atoms with Crippen molar-refractivity contribution in [3.8, 4) is 6.07 Å². The first-order chi connectivity index (χ1) is 18.1. The van der Waals surface area contributed by atoms with Crippen LogP contribution in [-0.2, 0) is 0 Å². The van der Waals surface area contributed by atoms with Crippen LogP contribution in [0.5, 0.6) is 0 Å². The van der Waals surface area contributed by atoms with Crippen molar-refractivity contribution in [1.29, 1.82) is 5.26 Å². The van der Waals surface area contributed by atoms with E-state index in [1.165, 1.54) is 17.5 Å². The molecule has 8 nitrogen and oxygen atoms in total. The number of aromatic nitrogens is 3. The number of hydrogen-bond acceptors (Lipinski definition) is 8. The van der Waals surface area contributed by atoms with Crippen LogP contribution in [0.1, 0.15) is 49.3 Å². The SMILES string of the molecule is CNc1nc(N2CCN(C(c3ccccc3)c3ccccc3)CC2)nc(N(C)C2(C#N)CCCCC2)n1. The van der Waals surface area contributed by atoms with Crippen molar-refractivity contribution in [2.24, 2.45) is 0 Å². The maximum atomic E-state index is 10.1. The lowest BCUT2D eigenvalue weighted by Crippen LogP contribution is -2.49. The Morgan fingerprint density at radius 1 is 0.865 bits per heavy atom. The van der Waals surface area contributed by atoms with E-state index in [0.717, 1.165) is 51.9 Å². The summed E-state index contributed by atoms with van der Waals surface area (Å²) in [6, 6.07) is 24.3. The maximum absolute atomic E-state index is 10.1. The van der Waals surface area contributed by atoms with Gasteiger partial charge in [-0.15, -0.1) is 0 Å². The van der Waals surface area contributed by atoms with E-state index in [0.29, 0.717) is 17.8 Å². The molecule has 3 aromatic rings. The minimum Gasteiger partial charge on any atom is -0.357 e. The molecule has 0 spiro atoms. The summed E-state index contributed by atoms with van der Waals surface area (Å²) in [5, 5.41) is 13.2. The van der Waals surface area contributed by atoms with Gasteiger partial charge in [-0.1, -0.05) is 79.9 Å². The number of benzene rings is 2. The van der Waals surface area contributed by atoms with Crippen LogP contribution >= 0.6 is 0 Å². The van der Waals surface area contributed by atoms with Gasteiger partial charge >= 0.3 is 0 Å². The predicted octanol–water partition coefficient (Wildman–Crippen LogP) is 4.49. The van der Waals surface area contributed by atoms with E-state index in [4.69, 9.17) is 9.97 Å². The third kappa shape index (κ3) is 5.23. The van der Waals surface area contributed by atoms with Crippen LogP contribution in [0.25, 0.3) is 0 Å². The normalized spacial score (nSPS) is 17.8. The monoisotopic (exact) mass is 496 g/mol. The molecule has 0 unspecified atom stereocenters. The second-order valence-electron chi connectivity index (χ2n) is 10.0. The molecule has 0 atom stereocenters. The van der Waals surface area contributed by atoms with E-state index in [1.807, 2.05) is 19.0 Å². The first-order valence-corrected chi connectivity index (χ1v) is 13.3. The molecule has 1 saturated heterocycles. The molecule has 2 aliphatic rings. The number of piperazine rings is 1. The number of nitrogens with zero attached hydrogens (tertiary/aromatic N) is 7. The highest BCUT2D eigenvalue weighted by molar-refractivity contribution is 5.48. The molecule has 1 saturated carbocycles. The predicted molar refractivity (Wildman–Crippen MR) is 148 cm³/mol. The summed E-state index contributed by atoms with van der Waals surface area (Å²) < 4.78 is 0. The van der Waals surface area contributed by atoms with Gasteiger partial charge in [0.25, 0.3) is 0 Å². The highest BCUT2D eigenvalue weighted by Gasteiger charge is 2.38. The van der Waals surface area contributed by atoms with E-state index < -0.39 is 5.54 Å². The summed E-state index contributed by atoms with van der Waals surface area (Å²) in [6.07, 6.45) is 4.98. The molecule has 0 bridgehead atoms. The Morgan fingerprint density at radius 3 is 2.00 bits per heavy atom. The van der Waals surface area contributed by atoms with Gasteiger partial charge in [-0.25, -0.2) is 0 Å². The molecule has 0 radical (unpaired) electrons. The smallest absolute Gasteiger partial charge is 0.233 e. The van der Waals surface area contributed by atoms with Crippen molar-refractivity contribution in [3.05, 3.63) is 71.8 Å². The van der Waals surface area contributed by atoms with Gasteiger partial charge in [0, 0.05) is 40.3 Å². The van der Waals surface area contributed by atoms with E-state index in [-0.39, 0.29) is 6.04 Å². The maximum Gasteiger partial charge on any atom is 0.233 e. The average molecular weight is 497 g/mol. The average Bonchev–Trinajstić information content (AvgIpc) is 2.98. The number of anilines is 3. The largest absolute Gasteiger partial charge is 0.357 e. The van der Waals surface area contributed by atoms with Crippen LogP contribution in [0.15, 0.2) is 60.7 Å². The van der Waals surface area contributed by atoms with Gasteiger partial charge in [-0.2, -0.15) is 20.2 Å². The van der Waals surface area contributed by atoms with Crippen molar-refractivity contribution >= 4 is 17.8 Å². The first-order valence-electron chi connectivity index (χ1n) is 13.3. The third-order valence-corrected chi connectivity index (χ3v) is 7.86. The van der Waals surface area contributed by atoms with Crippen molar-refractivity contribution in [1.82, 2.24) is 19.9 Å². The lowest BCUT2D eigenvalue weighted by molar-refractivity contribution is 0.211. The Bertz CT molecular complexity index is 1160. The van der Waals surface area contributed by atoms with E-state index >= 15 is 0 Å². The minimum absolute atomic E-state index is 0.208. The fourth-order valence-electron chi connectivity index (χ4n) is 5.67. The molecule has 192 valence electrons. The molecule has 0 amide bonds. The van der Waals surface area contributed by atoms with Crippen LogP contribution < -0.4 is 15.1 Å². The lowest BCUT2D eigenvalue weighted by atomic mass is 9.82. The zero-order valence-corrected chi connectivity index (χ0v) is 21.8. The second-order valence-corrected chi connectivity index (χ2v) is 10.0. The summed E-state index contributed by atoms with van der Waals surface area (Å²) in [7, 11) is 3.78. The van der Waals surface area contributed by atoms with Gasteiger partial charge in [0.15, 0.2) is 0 Å². The summed E-state index contributed by atoms with van der Waals surface area (Å²) in [4.78, 5) is 21.0. The van der Waals surface area contributed by atoms with Crippen molar-refractivity contribution < 1.29 is 0 Å². The molecule has 1 N–H and O–H groups in total. The fourth-order valence-corrected chi connectivity index (χ4v) is 5.67. The second kappa shape index (κ2) is 11.1. The van der Waals surface area contributed by atoms with E-state index in [1.54, 1.807) is 0 Å². The van der Waals surface area contributed by atoms with Gasteiger partial charge < -0.3 is 15.1 Å². The summed E-state index contributed by atoms with van der Waals surface area (Å²) in [6.45, 7) is 3.41. The molecule has 1 aliphatic carbocycles. The molecule has 1 aliphatic heterocycles. The van der Waals surface area contributed by atoms with Crippen molar-refractivity contribution in [2.75, 3.05) is 55.4 Å². The number of nitriles is 1. The number of rotatable bonds is 7. The Balaban J connectivity index is 1.37.